The molecule has 19 heavy (non-hydrogen) atoms. The number of methoxy groups -OCH3 is 1. The summed E-state index contributed by atoms with van der Waals surface area (Å²) in [6.45, 7) is 2.05. The first-order valence-electron chi connectivity index (χ1n) is 5.99. The van der Waals surface area contributed by atoms with Crippen molar-refractivity contribution in [1.82, 2.24) is 14.7 Å². The number of carbonyl (C=O) groups excluding carboxylic acids is 1. The van der Waals surface area contributed by atoms with E-state index in [2.05, 4.69) is 17.2 Å². The Morgan fingerprint density at radius 2 is 2.37 bits per heavy atom. The lowest BCUT2D eigenvalue weighted by Gasteiger charge is -2.08. The molecule has 0 spiro atoms. The summed E-state index contributed by atoms with van der Waals surface area (Å²) in [4.78, 5) is 16.1. The standard InChI is InChI=1S/C13H16ClN3O2/c1-8(15-2)6-11-16-12(13(18)19-3)10-7-9(14)4-5-17(10)11/h4-5,7-8,15H,6H2,1-3H3. The highest BCUT2D eigenvalue weighted by Crippen LogP contribution is 2.19. The third-order valence-corrected chi connectivity index (χ3v) is 3.27. The van der Waals surface area contributed by atoms with Crippen molar-refractivity contribution in [2.24, 2.45) is 0 Å². The number of esters is 1. The van der Waals surface area contributed by atoms with Crippen LogP contribution < -0.4 is 5.32 Å². The molecule has 0 amide bonds. The lowest BCUT2D eigenvalue weighted by molar-refractivity contribution is 0.0597. The SMILES string of the molecule is CNC(C)Cc1nc(C(=O)OC)c2cc(Cl)ccn12. The molecule has 0 aliphatic rings. The Labute approximate surface area is 116 Å². The third-order valence-electron chi connectivity index (χ3n) is 3.04. The third kappa shape index (κ3) is 2.72. The highest BCUT2D eigenvalue weighted by atomic mass is 35.5. The predicted molar refractivity (Wildman–Crippen MR) is 73.8 cm³/mol. The average molecular weight is 282 g/mol. The van der Waals surface area contributed by atoms with Crippen LogP contribution in [0.25, 0.3) is 5.52 Å². The largest absolute Gasteiger partial charge is 0.464 e. The van der Waals surface area contributed by atoms with E-state index in [1.807, 2.05) is 17.6 Å². The zero-order chi connectivity index (χ0) is 14.0. The van der Waals surface area contributed by atoms with Crippen molar-refractivity contribution in [2.75, 3.05) is 14.2 Å². The first kappa shape index (κ1) is 13.8. The molecule has 102 valence electrons. The minimum Gasteiger partial charge on any atom is -0.464 e. The van der Waals surface area contributed by atoms with Crippen LogP contribution in [-0.2, 0) is 11.2 Å². The van der Waals surface area contributed by atoms with Gasteiger partial charge in [-0.2, -0.15) is 0 Å². The van der Waals surface area contributed by atoms with Crippen LogP contribution in [0.2, 0.25) is 5.02 Å². The molecule has 0 aliphatic carbocycles. The van der Waals surface area contributed by atoms with Gasteiger partial charge < -0.3 is 14.5 Å². The molecule has 2 aromatic heterocycles. The van der Waals surface area contributed by atoms with E-state index in [1.165, 1.54) is 7.11 Å². The zero-order valence-corrected chi connectivity index (χ0v) is 11.9. The molecule has 2 rings (SSSR count). The number of hydrogen-bond donors (Lipinski definition) is 1. The Bertz CT molecular complexity index is 609. The van der Waals surface area contributed by atoms with Gasteiger partial charge in [0, 0.05) is 23.7 Å². The molecular formula is C13H16ClN3O2. The number of halogens is 1. The Morgan fingerprint density at radius 1 is 1.63 bits per heavy atom. The molecule has 6 heteroatoms. The predicted octanol–water partition coefficient (Wildman–Crippen LogP) is 1.92. The maximum atomic E-state index is 11.8. The van der Waals surface area contributed by atoms with Gasteiger partial charge in [-0.05, 0) is 26.1 Å². The molecular weight excluding hydrogens is 266 g/mol. The summed E-state index contributed by atoms with van der Waals surface area (Å²) >= 11 is 5.98. The van der Waals surface area contributed by atoms with Crippen molar-refractivity contribution >= 4 is 23.1 Å². The van der Waals surface area contributed by atoms with E-state index in [-0.39, 0.29) is 6.04 Å². The van der Waals surface area contributed by atoms with E-state index in [4.69, 9.17) is 16.3 Å². The van der Waals surface area contributed by atoms with Crippen molar-refractivity contribution in [3.05, 3.63) is 34.9 Å². The van der Waals surface area contributed by atoms with Crippen LogP contribution in [0.15, 0.2) is 18.3 Å². The van der Waals surface area contributed by atoms with Gasteiger partial charge in [0.15, 0.2) is 5.69 Å². The van der Waals surface area contributed by atoms with Gasteiger partial charge in [0.25, 0.3) is 0 Å². The summed E-state index contributed by atoms with van der Waals surface area (Å²) in [5, 5.41) is 3.71. The van der Waals surface area contributed by atoms with Crippen LogP contribution in [-0.4, -0.2) is 35.6 Å². The molecule has 0 saturated heterocycles. The van der Waals surface area contributed by atoms with Crippen molar-refractivity contribution in [3.63, 3.8) is 0 Å². The molecule has 0 fully saturated rings. The molecule has 0 bridgehead atoms. The molecule has 1 atom stereocenters. The Balaban J connectivity index is 2.56. The van der Waals surface area contributed by atoms with Crippen LogP contribution in [0, 0.1) is 0 Å². The number of nitrogens with zero attached hydrogens (tertiary/aromatic N) is 2. The van der Waals surface area contributed by atoms with E-state index in [0.29, 0.717) is 22.7 Å². The van der Waals surface area contributed by atoms with Gasteiger partial charge in [0.1, 0.15) is 5.82 Å². The second kappa shape index (κ2) is 5.59. The van der Waals surface area contributed by atoms with E-state index < -0.39 is 5.97 Å². The Kier molecular flexibility index (Phi) is 4.07. The van der Waals surface area contributed by atoms with Crippen molar-refractivity contribution in [1.29, 1.82) is 0 Å². The number of rotatable bonds is 4. The van der Waals surface area contributed by atoms with Gasteiger partial charge in [-0.3, -0.25) is 0 Å². The maximum Gasteiger partial charge on any atom is 0.358 e. The summed E-state index contributed by atoms with van der Waals surface area (Å²) in [7, 11) is 3.23. The summed E-state index contributed by atoms with van der Waals surface area (Å²) in [6, 6.07) is 3.74. The van der Waals surface area contributed by atoms with Crippen LogP contribution >= 0.6 is 11.6 Å². The van der Waals surface area contributed by atoms with Crippen LogP contribution in [0.1, 0.15) is 23.2 Å². The highest BCUT2D eigenvalue weighted by Gasteiger charge is 2.19. The van der Waals surface area contributed by atoms with Crippen molar-refractivity contribution in [2.45, 2.75) is 19.4 Å². The van der Waals surface area contributed by atoms with Gasteiger partial charge in [-0.15, -0.1) is 0 Å². The molecule has 2 aromatic rings. The zero-order valence-electron chi connectivity index (χ0n) is 11.1. The van der Waals surface area contributed by atoms with E-state index in [0.717, 1.165) is 5.82 Å². The van der Waals surface area contributed by atoms with Gasteiger partial charge in [-0.1, -0.05) is 11.6 Å². The number of aromatic nitrogens is 2. The van der Waals surface area contributed by atoms with E-state index >= 15 is 0 Å². The first-order valence-corrected chi connectivity index (χ1v) is 6.36. The topological polar surface area (TPSA) is 55.6 Å². The number of nitrogens with one attached hydrogen (secondary N) is 1. The summed E-state index contributed by atoms with van der Waals surface area (Å²) in [5.74, 6) is 0.344. The molecule has 1 unspecified atom stereocenters. The van der Waals surface area contributed by atoms with Gasteiger partial charge in [-0.25, -0.2) is 9.78 Å². The van der Waals surface area contributed by atoms with Crippen molar-refractivity contribution < 1.29 is 9.53 Å². The van der Waals surface area contributed by atoms with E-state index in [1.54, 1.807) is 12.1 Å². The molecule has 5 nitrogen and oxygen atoms in total. The minimum atomic E-state index is -0.455. The molecule has 0 radical (unpaired) electrons. The molecule has 2 heterocycles. The number of pyridine rings is 1. The molecule has 0 aliphatic heterocycles. The lowest BCUT2D eigenvalue weighted by Crippen LogP contribution is -2.24. The fraction of sp³-hybridized carbons (Fsp3) is 0.385. The summed E-state index contributed by atoms with van der Waals surface area (Å²) in [5.41, 5.74) is 0.959. The van der Waals surface area contributed by atoms with Gasteiger partial charge in [0.05, 0.1) is 12.6 Å². The summed E-state index contributed by atoms with van der Waals surface area (Å²) in [6.07, 6.45) is 2.52. The van der Waals surface area contributed by atoms with Gasteiger partial charge >= 0.3 is 5.97 Å². The number of fused-ring (bicyclic) bond motifs is 1. The second-order valence-corrected chi connectivity index (χ2v) is 4.80. The number of imidazole rings is 1. The molecule has 0 saturated carbocycles. The Hall–Kier alpha value is -1.59. The monoisotopic (exact) mass is 281 g/mol. The lowest BCUT2D eigenvalue weighted by atomic mass is 10.2. The smallest absolute Gasteiger partial charge is 0.358 e. The number of carbonyl (C=O) groups is 1. The first-order chi connectivity index (χ1) is 9.06. The van der Waals surface area contributed by atoms with Crippen LogP contribution in [0.3, 0.4) is 0 Å². The van der Waals surface area contributed by atoms with Crippen molar-refractivity contribution in [3.8, 4) is 0 Å². The average Bonchev–Trinajstić information content (AvgIpc) is 2.75. The maximum absolute atomic E-state index is 11.8. The minimum absolute atomic E-state index is 0.256. The number of likely N-dealkylation sites (N-methyl/N-ethyl adjacent to an activating group) is 1. The number of hydrogen-bond acceptors (Lipinski definition) is 4. The van der Waals surface area contributed by atoms with E-state index in [9.17, 15) is 4.79 Å². The highest BCUT2D eigenvalue weighted by molar-refractivity contribution is 6.31. The second-order valence-electron chi connectivity index (χ2n) is 4.36. The normalized spacial score (nSPS) is 12.6. The quantitative estimate of drug-likeness (QED) is 0.870. The fourth-order valence-corrected chi connectivity index (χ4v) is 2.05. The molecule has 1 N–H and O–H groups in total. The Morgan fingerprint density at radius 3 is 3.00 bits per heavy atom. The fourth-order valence-electron chi connectivity index (χ4n) is 1.89. The van der Waals surface area contributed by atoms with Gasteiger partial charge in [0.2, 0.25) is 0 Å². The number of ether oxygens (including phenoxy) is 1. The van der Waals surface area contributed by atoms with Crippen LogP contribution in [0.5, 0.6) is 0 Å². The van der Waals surface area contributed by atoms with Crippen LogP contribution in [0.4, 0.5) is 0 Å². The molecule has 0 aromatic carbocycles. The summed E-state index contributed by atoms with van der Waals surface area (Å²) < 4.78 is 6.62.